The van der Waals surface area contributed by atoms with Gasteiger partial charge in [-0.2, -0.15) is 0 Å². The Morgan fingerprint density at radius 1 is 1.11 bits per heavy atom. The minimum atomic E-state index is 0.298. The first-order valence-electron chi connectivity index (χ1n) is 6.55. The van der Waals surface area contributed by atoms with Crippen LogP contribution in [0, 0.1) is 0 Å². The number of anilines is 1. The van der Waals surface area contributed by atoms with Crippen LogP contribution in [0.4, 0.5) is 5.82 Å². The fourth-order valence-electron chi connectivity index (χ4n) is 2.77. The van der Waals surface area contributed by atoms with Crippen LogP contribution in [0.2, 0.25) is 0 Å². The highest BCUT2D eigenvalue weighted by atomic mass is 15.4. The molecule has 4 nitrogen and oxygen atoms in total. The number of rotatable bonds is 1. The molecule has 94 valence electrons. The third-order valence-corrected chi connectivity index (χ3v) is 3.66. The number of benzene rings is 1. The van der Waals surface area contributed by atoms with E-state index in [-0.39, 0.29) is 0 Å². The number of fused-ring (bicyclic) bond motifs is 3. The van der Waals surface area contributed by atoms with Gasteiger partial charge in [0.05, 0.1) is 11.4 Å². The fourth-order valence-corrected chi connectivity index (χ4v) is 2.77. The maximum absolute atomic E-state index is 4.65. The van der Waals surface area contributed by atoms with Crippen LogP contribution >= 0.6 is 0 Å². The monoisotopic (exact) mass is 250 g/mol. The molecule has 1 aliphatic rings. The van der Waals surface area contributed by atoms with Crippen LogP contribution in [-0.4, -0.2) is 21.3 Å². The summed E-state index contributed by atoms with van der Waals surface area (Å²) in [6, 6.07) is 14.9. The molecule has 2 aromatic heterocycles. The standard InChI is InChI=1S/C15H14N4/c1-2-5-11(6-3-1)13-8-10-17-15-12-7-4-9-16-14(12)18-19(13)15/h1-7,9,13,17H,8,10H2. The molecule has 0 saturated carbocycles. The highest BCUT2D eigenvalue weighted by Gasteiger charge is 2.24. The second-order valence-corrected chi connectivity index (χ2v) is 4.81. The van der Waals surface area contributed by atoms with Crippen molar-refractivity contribution in [3.05, 3.63) is 54.2 Å². The first-order valence-corrected chi connectivity index (χ1v) is 6.55. The van der Waals surface area contributed by atoms with E-state index in [4.69, 9.17) is 0 Å². The smallest absolute Gasteiger partial charge is 0.183 e. The highest BCUT2D eigenvalue weighted by Crippen LogP contribution is 2.33. The van der Waals surface area contributed by atoms with Crippen molar-refractivity contribution in [1.82, 2.24) is 14.8 Å². The average Bonchev–Trinajstić information content (AvgIpc) is 2.87. The van der Waals surface area contributed by atoms with E-state index >= 15 is 0 Å². The van der Waals surface area contributed by atoms with Gasteiger partial charge in [-0.05, 0) is 24.1 Å². The van der Waals surface area contributed by atoms with Crippen LogP contribution < -0.4 is 5.32 Å². The molecule has 0 fully saturated rings. The summed E-state index contributed by atoms with van der Waals surface area (Å²) in [4.78, 5) is 4.34. The fraction of sp³-hybridized carbons (Fsp3) is 0.200. The van der Waals surface area contributed by atoms with Crippen molar-refractivity contribution >= 4 is 16.9 Å². The maximum Gasteiger partial charge on any atom is 0.183 e. The Bertz CT molecular complexity index is 717. The Labute approximate surface area is 111 Å². The van der Waals surface area contributed by atoms with E-state index in [1.54, 1.807) is 6.20 Å². The number of pyridine rings is 1. The van der Waals surface area contributed by atoms with Crippen LogP contribution in [0.1, 0.15) is 18.0 Å². The molecule has 1 unspecified atom stereocenters. The molecule has 4 rings (SSSR count). The van der Waals surface area contributed by atoms with Gasteiger partial charge in [-0.3, -0.25) is 0 Å². The lowest BCUT2D eigenvalue weighted by Gasteiger charge is -2.26. The Balaban J connectivity index is 1.91. The van der Waals surface area contributed by atoms with E-state index in [0.717, 1.165) is 29.8 Å². The topological polar surface area (TPSA) is 42.7 Å². The van der Waals surface area contributed by atoms with Crippen molar-refractivity contribution in [3.63, 3.8) is 0 Å². The lowest BCUT2D eigenvalue weighted by Crippen LogP contribution is -2.24. The van der Waals surface area contributed by atoms with Gasteiger partial charge < -0.3 is 5.32 Å². The SMILES string of the molecule is c1ccc(C2CCNc3c4cccnc4nn32)cc1. The van der Waals surface area contributed by atoms with E-state index < -0.39 is 0 Å². The van der Waals surface area contributed by atoms with Crippen LogP contribution in [-0.2, 0) is 0 Å². The molecule has 1 aromatic carbocycles. The van der Waals surface area contributed by atoms with Crippen molar-refractivity contribution in [2.45, 2.75) is 12.5 Å². The molecule has 0 saturated heterocycles. The van der Waals surface area contributed by atoms with E-state index in [0.29, 0.717) is 6.04 Å². The Morgan fingerprint density at radius 3 is 2.89 bits per heavy atom. The van der Waals surface area contributed by atoms with Gasteiger partial charge in [-0.1, -0.05) is 30.3 Å². The number of hydrogen-bond donors (Lipinski definition) is 1. The molecule has 4 heteroatoms. The molecular weight excluding hydrogens is 236 g/mol. The van der Waals surface area contributed by atoms with Gasteiger partial charge in [0.25, 0.3) is 0 Å². The lowest BCUT2D eigenvalue weighted by atomic mass is 10.0. The van der Waals surface area contributed by atoms with E-state index in [1.807, 2.05) is 12.1 Å². The summed E-state index contributed by atoms with van der Waals surface area (Å²) in [5.74, 6) is 1.09. The molecule has 3 heterocycles. The second-order valence-electron chi connectivity index (χ2n) is 4.81. The molecule has 0 spiro atoms. The maximum atomic E-state index is 4.65. The van der Waals surface area contributed by atoms with Crippen molar-refractivity contribution in [1.29, 1.82) is 0 Å². The van der Waals surface area contributed by atoms with Crippen LogP contribution in [0.3, 0.4) is 0 Å². The number of hydrogen-bond acceptors (Lipinski definition) is 3. The number of nitrogens with zero attached hydrogens (tertiary/aromatic N) is 3. The molecule has 1 N–H and O–H groups in total. The van der Waals surface area contributed by atoms with Crippen LogP contribution in [0.5, 0.6) is 0 Å². The minimum absolute atomic E-state index is 0.298. The first-order chi connectivity index (χ1) is 9.43. The summed E-state index contributed by atoms with van der Waals surface area (Å²) in [6.07, 6.45) is 2.84. The van der Waals surface area contributed by atoms with Crippen LogP contribution in [0.25, 0.3) is 11.0 Å². The van der Waals surface area contributed by atoms with Gasteiger partial charge >= 0.3 is 0 Å². The Morgan fingerprint density at radius 2 is 2.00 bits per heavy atom. The molecule has 19 heavy (non-hydrogen) atoms. The van der Waals surface area contributed by atoms with Gasteiger partial charge in [0.1, 0.15) is 5.82 Å². The molecular formula is C15H14N4. The Hall–Kier alpha value is -2.36. The zero-order valence-electron chi connectivity index (χ0n) is 10.5. The third kappa shape index (κ3) is 1.60. The zero-order valence-corrected chi connectivity index (χ0v) is 10.5. The summed E-state index contributed by atoms with van der Waals surface area (Å²) in [7, 11) is 0. The average molecular weight is 250 g/mol. The number of aromatic nitrogens is 3. The summed E-state index contributed by atoms with van der Waals surface area (Å²) in [5, 5.41) is 9.20. The third-order valence-electron chi connectivity index (χ3n) is 3.66. The largest absolute Gasteiger partial charge is 0.370 e. The van der Waals surface area contributed by atoms with E-state index in [2.05, 4.69) is 50.4 Å². The van der Waals surface area contributed by atoms with Crippen molar-refractivity contribution in [2.75, 3.05) is 11.9 Å². The van der Waals surface area contributed by atoms with Crippen molar-refractivity contribution in [2.24, 2.45) is 0 Å². The summed E-state index contributed by atoms with van der Waals surface area (Å²) in [6.45, 7) is 0.968. The minimum Gasteiger partial charge on any atom is -0.370 e. The Kier molecular flexibility index (Phi) is 2.27. The highest BCUT2D eigenvalue weighted by molar-refractivity contribution is 5.87. The van der Waals surface area contributed by atoms with Gasteiger partial charge in [0.15, 0.2) is 5.65 Å². The van der Waals surface area contributed by atoms with Gasteiger partial charge in [-0.25, -0.2) is 9.67 Å². The summed E-state index contributed by atoms with van der Waals surface area (Å²) < 4.78 is 2.08. The van der Waals surface area contributed by atoms with Crippen molar-refractivity contribution < 1.29 is 0 Å². The molecule has 3 aromatic rings. The molecule has 0 amide bonds. The van der Waals surface area contributed by atoms with Gasteiger partial charge in [0.2, 0.25) is 0 Å². The molecule has 1 atom stereocenters. The summed E-state index contributed by atoms with van der Waals surface area (Å²) in [5.41, 5.74) is 2.12. The predicted molar refractivity (Wildman–Crippen MR) is 75.2 cm³/mol. The molecule has 0 bridgehead atoms. The quantitative estimate of drug-likeness (QED) is 0.722. The number of nitrogens with one attached hydrogen (secondary N) is 1. The molecule has 0 aliphatic carbocycles. The lowest BCUT2D eigenvalue weighted by molar-refractivity contribution is 0.485. The van der Waals surface area contributed by atoms with Crippen molar-refractivity contribution in [3.8, 4) is 0 Å². The summed E-state index contributed by atoms with van der Waals surface area (Å²) >= 11 is 0. The first kappa shape index (κ1) is 10.6. The predicted octanol–water partition coefficient (Wildman–Crippen LogP) is 2.84. The molecule has 1 aliphatic heterocycles. The van der Waals surface area contributed by atoms with Crippen LogP contribution in [0.15, 0.2) is 48.7 Å². The van der Waals surface area contributed by atoms with E-state index in [1.165, 1.54) is 5.56 Å². The van der Waals surface area contributed by atoms with Gasteiger partial charge in [0, 0.05) is 12.7 Å². The second kappa shape index (κ2) is 4.09. The van der Waals surface area contributed by atoms with E-state index in [9.17, 15) is 0 Å². The normalized spacial score (nSPS) is 18.0. The molecule has 0 radical (unpaired) electrons. The zero-order chi connectivity index (χ0) is 12.7. The van der Waals surface area contributed by atoms with Gasteiger partial charge in [-0.15, -0.1) is 5.10 Å².